The van der Waals surface area contributed by atoms with Crippen LogP contribution < -0.4 is 4.74 Å². The van der Waals surface area contributed by atoms with Crippen LogP contribution in [0.2, 0.25) is 0 Å². The summed E-state index contributed by atoms with van der Waals surface area (Å²) in [5.41, 5.74) is -1.11. The van der Waals surface area contributed by atoms with Crippen molar-refractivity contribution >= 4 is 22.4 Å². The summed E-state index contributed by atoms with van der Waals surface area (Å²) in [6, 6.07) is 11.0. The molecule has 154 valence electrons. The fraction of sp³-hybridized carbons (Fsp3) is 0.200. The van der Waals surface area contributed by atoms with E-state index >= 15 is 0 Å². The van der Waals surface area contributed by atoms with Crippen molar-refractivity contribution in [2.75, 3.05) is 6.61 Å². The Morgan fingerprint density at radius 3 is 2.63 bits per heavy atom. The van der Waals surface area contributed by atoms with Crippen molar-refractivity contribution < 1.29 is 27.6 Å². The number of hydrogen-bond acceptors (Lipinski definition) is 5. The average Bonchev–Trinajstić information content (AvgIpc) is 3.08. The molecule has 0 atom stereocenters. The van der Waals surface area contributed by atoms with Crippen LogP contribution in [0.3, 0.4) is 0 Å². The molecule has 3 aromatic rings. The standard InChI is InChI=1S/C20H14F3N3O4/c21-20(22,23)16-10-13(26(28)29)6-7-19(16)30-12-18(27)15-11-25(9-3-8-24)17-5-2-1-4-14(15)17/h1-2,4-7,10-11H,3,9,12H2. The summed E-state index contributed by atoms with van der Waals surface area (Å²) >= 11 is 0. The Labute approximate surface area is 168 Å². The van der Waals surface area contributed by atoms with Crippen molar-refractivity contribution in [3.63, 3.8) is 0 Å². The molecule has 0 aliphatic carbocycles. The van der Waals surface area contributed by atoms with Crippen LogP contribution in [0.1, 0.15) is 22.3 Å². The molecule has 0 amide bonds. The molecule has 0 aliphatic rings. The van der Waals surface area contributed by atoms with Gasteiger partial charge in [-0.2, -0.15) is 18.4 Å². The first-order valence-corrected chi connectivity index (χ1v) is 8.69. The molecule has 0 saturated heterocycles. The number of halogens is 3. The molecule has 0 fully saturated rings. The highest BCUT2D eigenvalue weighted by atomic mass is 19.4. The fourth-order valence-corrected chi connectivity index (χ4v) is 3.02. The summed E-state index contributed by atoms with van der Waals surface area (Å²) in [7, 11) is 0. The molecule has 0 N–H and O–H groups in total. The number of benzene rings is 2. The molecule has 0 bridgehead atoms. The lowest BCUT2D eigenvalue weighted by Crippen LogP contribution is -2.15. The molecule has 30 heavy (non-hydrogen) atoms. The zero-order valence-corrected chi connectivity index (χ0v) is 15.3. The minimum atomic E-state index is -4.89. The van der Waals surface area contributed by atoms with E-state index in [1.54, 1.807) is 28.8 Å². The van der Waals surface area contributed by atoms with Crippen LogP contribution in [0.4, 0.5) is 18.9 Å². The minimum Gasteiger partial charge on any atom is -0.485 e. The number of ketones is 1. The smallest absolute Gasteiger partial charge is 0.420 e. The third kappa shape index (κ3) is 4.25. The van der Waals surface area contributed by atoms with Gasteiger partial charge in [0.25, 0.3) is 5.69 Å². The summed E-state index contributed by atoms with van der Waals surface area (Å²) in [5.74, 6) is -1.23. The predicted molar refractivity (Wildman–Crippen MR) is 100 cm³/mol. The van der Waals surface area contributed by atoms with Gasteiger partial charge in [-0.05, 0) is 12.1 Å². The molecule has 2 aromatic carbocycles. The van der Waals surface area contributed by atoms with Crippen LogP contribution in [0.25, 0.3) is 10.9 Å². The van der Waals surface area contributed by atoms with Gasteiger partial charge in [-0.1, -0.05) is 18.2 Å². The SMILES string of the molecule is N#CCCn1cc(C(=O)COc2ccc([N+](=O)[O-])cc2C(F)(F)F)c2ccccc21. The predicted octanol–water partition coefficient (Wildman–Crippen LogP) is 4.74. The van der Waals surface area contributed by atoms with E-state index in [1.165, 1.54) is 6.20 Å². The number of alkyl halides is 3. The highest BCUT2D eigenvalue weighted by molar-refractivity contribution is 6.08. The first-order chi connectivity index (χ1) is 14.2. The van der Waals surface area contributed by atoms with Crippen molar-refractivity contribution in [1.29, 1.82) is 5.26 Å². The molecular weight excluding hydrogens is 403 g/mol. The van der Waals surface area contributed by atoms with Crippen LogP contribution in [0, 0.1) is 21.4 Å². The van der Waals surface area contributed by atoms with E-state index in [2.05, 4.69) is 0 Å². The number of carbonyl (C=O) groups excluding carboxylic acids is 1. The Morgan fingerprint density at radius 1 is 1.23 bits per heavy atom. The monoisotopic (exact) mass is 417 g/mol. The Morgan fingerprint density at radius 2 is 1.97 bits per heavy atom. The van der Waals surface area contributed by atoms with Gasteiger partial charge in [0, 0.05) is 41.3 Å². The van der Waals surface area contributed by atoms with E-state index < -0.39 is 40.5 Å². The maximum Gasteiger partial charge on any atom is 0.420 e. The van der Waals surface area contributed by atoms with Crippen LogP contribution in [-0.2, 0) is 12.7 Å². The molecule has 10 heteroatoms. The summed E-state index contributed by atoms with van der Waals surface area (Å²) in [6.45, 7) is -0.334. The van der Waals surface area contributed by atoms with Gasteiger partial charge in [-0.25, -0.2) is 0 Å². The Kier molecular flexibility index (Phi) is 5.73. The molecule has 1 aromatic heterocycles. The average molecular weight is 417 g/mol. The zero-order chi connectivity index (χ0) is 21.9. The van der Waals surface area contributed by atoms with E-state index in [0.29, 0.717) is 23.5 Å². The second-order valence-corrected chi connectivity index (χ2v) is 6.31. The van der Waals surface area contributed by atoms with E-state index in [-0.39, 0.29) is 12.0 Å². The Bertz CT molecular complexity index is 1160. The highest BCUT2D eigenvalue weighted by Gasteiger charge is 2.36. The third-order valence-corrected chi connectivity index (χ3v) is 4.39. The lowest BCUT2D eigenvalue weighted by atomic mass is 10.1. The van der Waals surface area contributed by atoms with Crippen LogP contribution >= 0.6 is 0 Å². The largest absolute Gasteiger partial charge is 0.485 e. The molecule has 7 nitrogen and oxygen atoms in total. The number of hydrogen-bond donors (Lipinski definition) is 0. The Hall–Kier alpha value is -3.87. The van der Waals surface area contributed by atoms with E-state index in [0.717, 1.165) is 12.1 Å². The summed E-state index contributed by atoms with van der Waals surface area (Å²) in [5, 5.41) is 20.1. The fourth-order valence-electron chi connectivity index (χ4n) is 3.02. The quantitative estimate of drug-likeness (QED) is 0.314. The summed E-state index contributed by atoms with van der Waals surface area (Å²) < 4.78 is 46.6. The van der Waals surface area contributed by atoms with Gasteiger partial charge in [-0.3, -0.25) is 14.9 Å². The molecule has 0 spiro atoms. The second-order valence-electron chi connectivity index (χ2n) is 6.31. The third-order valence-electron chi connectivity index (χ3n) is 4.39. The molecule has 0 unspecified atom stereocenters. The van der Waals surface area contributed by atoms with Crippen molar-refractivity contribution in [1.82, 2.24) is 4.57 Å². The number of nitro benzene ring substituents is 1. The molecule has 0 radical (unpaired) electrons. The van der Waals surface area contributed by atoms with E-state index in [4.69, 9.17) is 10.00 Å². The van der Waals surface area contributed by atoms with Crippen molar-refractivity contribution in [3.8, 4) is 11.8 Å². The number of ether oxygens (including phenoxy) is 1. The molecular formula is C20H14F3N3O4. The number of carbonyl (C=O) groups is 1. The molecule has 0 aliphatic heterocycles. The number of rotatable bonds is 7. The second kappa shape index (κ2) is 8.24. The lowest BCUT2D eigenvalue weighted by molar-refractivity contribution is -0.385. The molecule has 1 heterocycles. The lowest BCUT2D eigenvalue weighted by Gasteiger charge is -2.13. The number of nitrogens with zero attached hydrogens (tertiary/aromatic N) is 3. The number of aryl methyl sites for hydroxylation is 1. The van der Waals surface area contributed by atoms with Crippen LogP contribution in [-0.4, -0.2) is 21.9 Å². The first kappa shape index (κ1) is 20.9. The maximum absolute atomic E-state index is 13.3. The van der Waals surface area contributed by atoms with Crippen LogP contribution in [0.5, 0.6) is 5.75 Å². The normalized spacial score (nSPS) is 11.3. The number of nitriles is 1. The highest BCUT2D eigenvalue weighted by Crippen LogP contribution is 2.38. The number of Topliss-reactive ketones (excluding diaryl/α,β-unsaturated/α-hetero) is 1. The maximum atomic E-state index is 13.3. The number of non-ortho nitro benzene ring substituents is 1. The van der Waals surface area contributed by atoms with Gasteiger partial charge in [0.15, 0.2) is 6.61 Å². The van der Waals surface area contributed by atoms with Gasteiger partial charge in [-0.15, -0.1) is 0 Å². The summed E-state index contributed by atoms with van der Waals surface area (Å²) in [4.78, 5) is 22.5. The van der Waals surface area contributed by atoms with Gasteiger partial charge in [0.1, 0.15) is 11.3 Å². The topological polar surface area (TPSA) is 98.2 Å². The molecule has 0 saturated carbocycles. The van der Waals surface area contributed by atoms with Crippen LogP contribution in [0.15, 0.2) is 48.7 Å². The van der Waals surface area contributed by atoms with Gasteiger partial charge >= 0.3 is 6.18 Å². The van der Waals surface area contributed by atoms with E-state index in [9.17, 15) is 28.1 Å². The Balaban J connectivity index is 1.88. The zero-order valence-electron chi connectivity index (χ0n) is 15.3. The molecule has 3 rings (SSSR count). The first-order valence-electron chi connectivity index (χ1n) is 8.69. The summed E-state index contributed by atoms with van der Waals surface area (Å²) in [6.07, 6.45) is -3.13. The van der Waals surface area contributed by atoms with Gasteiger partial charge in [0.05, 0.1) is 17.4 Å². The number of aromatic nitrogens is 1. The number of fused-ring (bicyclic) bond motifs is 1. The van der Waals surface area contributed by atoms with Crippen molar-refractivity contribution in [3.05, 3.63) is 69.9 Å². The van der Waals surface area contributed by atoms with Crippen molar-refractivity contribution in [2.24, 2.45) is 0 Å². The van der Waals surface area contributed by atoms with Crippen molar-refractivity contribution in [2.45, 2.75) is 19.1 Å². The number of para-hydroxylation sites is 1. The minimum absolute atomic E-state index is 0.223. The van der Waals surface area contributed by atoms with Gasteiger partial charge in [0.2, 0.25) is 5.78 Å². The van der Waals surface area contributed by atoms with E-state index in [1.807, 2.05) is 6.07 Å². The number of nitro groups is 1. The van der Waals surface area contributed by atoms with Gasteiger partial charge < -0.3 is 9.30 Å².